The summed E-state index contributed by atoms with van der Waals surface area (Å²) in [6.07, 6.45) is 4.72. The van der Waals surface area contributed by atoms with Gasteiger partial charge in [-0.15, -0.1) is 0 Å². The molecule has 2 aliphatic rings. The van der Waals surface area contributed by atoms with E-state index in [2.05, 4.69) is 12.1 Å². The number of carbonyl (C=O) groups excluding carboxylic acids is 1. The van der Waals surface area contributed by atoms with Gasteiger partial charge in [-0.1, -0.05) is 30.3 Å². The highest BCUT2D eigenvalue weighted by Crippen LogP contribution is 2.39. The summed E-state index contributed by atoms with van der Waals surface area (Å²) in [6, 6.07) is 10.3. The van der Waals surface area contributed by atoms with Crippen LogP contribution in [-0.2, 0) is 9.53 Å². The van der Waals surface area contributed by atoms with Gasteiger partial charge in [0.1, 0.15) is 6.10 Å². The highest BCUT2D eigenvalue weighted by atomic mass is 32.2. The van der Waals surface area contributed by atoms with E-state index in [1.807, 2.05) is 29.4 Å². The van der Waals surface area contributed by atoms with E-state index in [9.17, 15) is 4.79 Å². The molecule has 1 aromatic carbocycles. The number of rotatable bonds is 4. The summed E-state index contributed by atoms with van der Waals surface area (Å²) in [5.41, 5.74) is 1.18. The minimum atomic E-state index is 0.0290. The van der Waals surface area contributed by atoms with Crippen LogP contribution in [0.4, 0.5) is 0 Å². The maximum Gasteiger partial charge on any atom is 0.232 e. The van der Waals surface area contributed by atoms with Crippen LogP contribution in [0.3, 0.4) is 0 Å². The average Bonchev–Trinajstić information content (AvgIpc) is 3.33. The van der Waals surface area contributed by atoms with Crippen molar-refractivity contribution >= 4 is 17.7 Å². The first-order valence-electron chi connectivity index (χ1n) is 7.25. The number of hydrogen-bond acceptors (Lipinski definition) is 3. The number of benzene rings is 1. The van der Waals surface area contributed by atoms with Crippen LogP contribution < -0.4 is 0 Å². The Morgan fingerprint density at radius 3 is 2.70 bits per heavy atom. The largest absolute Gasteiger partial charge is 0.366 e. The highest BCUT2D eigenvalue weighted by molar-refractivity contribution is 7.99. The maximum atomic E-state index is 12.2. The van der Waals surface area contributed by atoms with Gasteiger partial charge in [-0.3, -0.25) is 4.79 Å². The van der Waals surface area contributed by atoms with Crippen molar-refractivity contribution in [2.24, 2.45) is 5.92 Å². The van der Waals surface area contributed by atoms with Crippen LogP contribution in [0.5, 0.6) is 0 Å². The lowest BCUT2D eigenvalue weighted by Gasteiger charge is -2.38. The predicted octanol–water partition coefficient (Wildman–Crippen LogP) is 2.73. The van der Waals surface area contributed by atoms with E-state index in [0.29, 0.717) is 18.2 Å². The maximum absolute atomic E-state index is 12.2. The standard InChI is InChI=1S/C16H21NO2S/c1-20-11-16(18)17-9-14(12-5-3-2-4-6-12)19-15(10-17)13-7-8-13/h2-6,13-15H,7-11H2,1H3/t14-,15+/m0/s1. The number of amides is 1. The zero-order chi connectivity index (χ0) is 13.9. The van der Waals surface area contributed by atoms with Crippen LogP contribution in [0, 0.1) is 5.92 Å². The monoisotopic (exact) mass is 291 g/mol. The molecule has 0 bridgehead atoms. The summed E-state index contributed by atoms with van der Waals surface area (Å²) in [7, 11) is 0. The number of thioether (sulfide) groups is 1. The van der Waals surface area contributed by atoms with Crippen molar-refractivity contribution < 1.29 is 9.53 Å². The summed E-state index contributed by atoms with van der Waals surface area (Å²) in [6.45, 7) is 1.46. The Labute approximate surface area is 124 Å². The Hall–Kier alpha value is -1.00. The minimum Gasteiger partial charge on any atom is -0.366 e. The first-order valence-corrected chi connectivity index (χ1v) is 8.64. The fourth-order valence-corrected chi connectivity index (χ4v) is 3.22. The molecule has 1 aliphatic heterocycles. The predicted molar refractivity (Wildman–Crippen MR) is 81.7 cm³/mol. The van der Waals surface area contributed by atoms with Gasteiger partial charge in [0.05, 0.1) is 18.4 Å². The van der Waals surface area contributed by atoms with Gasteiger partial charge >= 0.3 is 0 Å². The summed E-state index contributed by atoms with van der Waals surface area (Å²) < 4.78 is 6.25. The molecule has 4 heteroatoms. The molecule has 0 radical (unpaired) electrons. The van der Waals surface area contributed by atoms with Crippen LogP contribution in [0.2, 0.25) is 0 Å². The first kappa shape index (κ1) is 14.0. The van der Waals surface area contributed by atoms with Crippen molar-refractivity contribution in [2.45, 2.75) is 25.0 Å². The van der Waals surface area contributed by atoms with Crippen molar-refractivity contribution in [3.63, 3.8) is 0 Å². The van der Waals surface area contributed by atoms with Crippen molar-refractivity contribution in [2.75, 3.05) is 25.1 Å². The van der Waals surface area contributed by atoms with Gasteiger partial charge in [-0.25, -0.2) is 0 Å². The van der Waals surface area contributed by atoms with Crippen LogP contribution in [-0.4, -0.2) is 42.0 Å². The number of nitrogens with zero attached hydrogens (tertiary/aromatic N) is 1. The third-order valence-corrected chi connectivity index (χ3v) is 4.60. The number of carbonyl (C=O) groups is 1. The smallest absolute Gasteiger partial charge is 0.232 e. The van der Waals surface area contributed by atoms with Gasteiger partial charge in [-0.2, -0.15) is 11.8 Å². The summed E-state index contributed by atoms with van der Waals surface area (Å²) >= 11 is 1.59. The zero-order valence-electron chi connectivity index (χ0n) is 11.8. The average molecular weight is 291 g/mol. The van der Waals surface area contributed by atoms with E-state index < -0.39 is 0 Å². The quantitative estimate of drug-likeness (QED) is 0.854. The molecule has 1 aromatic rings. The number of morpholine rings is 1. The molecule has 1 amide bonds. The van der Waals surface area contributed by atoms with Crippen LogP contribution in [0.25, 0.3) is 0 Å². The van der Waals surface area contributed by atoms with Gasteiger partial charge < -0.3 is 9.64 Å². The molecule has 1 heterocycles. The van der Waals surface area contributed by atoms with Crippen molar-refractivity contribution in [3.05, 3.63) is 35.9 Å². The molecule has 2 atom stereocenters. The van der Waals surface area contributed by atoms with Gasteiger partial charge in [0.2, 0.25) is 5.91 Å². The molecular weight excluding hydrogens is 270 g/mol. The fourth-order valence-electron chi connectivity index (χ4n) is 2.79. The Balaban J connectivity index is 1.74. The molecule has 0 aromatic heterocycles. The Bertz CT molecular complexity index is 461. The third kappa shape index (κ3) is 3.18. The van der Waals surface area contributed by atoms with Crippen LogP contribution >= 0.6 is 11.8 Å². The second-order valence-electron chi connectivity index (χ2n) is 5.64. The van der Waals surface area contributed by atoms with E-state index in [4.69, 9.17) is 4.74 Å². The summed E-state index contributed by atoms with van der Waals surface area (Å²) in [4.78, 5) is 14.2. The molecule has 2 fully saturated rings. The molecule has 0 spiro atoms. The Kier molecular flexibility index (Phi) is 4.32. The molecule has 1 saturated carbocycles. The third-order valence-electron chi connectivity index (χ3n) is 4.07. The fraction of sp³-hybridized carbons (Fsp3) is 0.562. The van der Waals surface area contributed by atoms with Gasteiger partial charge in [0, 0.05) is 6.54 Å². The summed E-state index contributed by atoms with van der Waals surface area (Å²) in [5.74, 6) is 1.47. The Morgan fingerprint density at radius 1 is 1.30 bits per heavy atom. The molecule has 20 heavy (non-hydrogen) atoms. The van der Waals surface area contributed by atoms with Crippen molar-refractivity contribution in [3.8, 4) is 0 Å². The lowest BCUT2D eigenvalue weighted by atomic mass is 10.0. The SMILES string of the molecule is CSCC(=O)N1C[C@@H](c2ccccc2)O[C@@H](C2CC2)C1. The molecular formula is C16H21NO2S. The van der Waals surface area contributed by atoms with Gasteiger partial charge in [0.25, 0.3) is 0 Å². The molecule has 1 aliphatic carbocycles. The van der Waals surface area contributed by atoms with E-state index in [1.165, 1.54) is 18.4 Å². The van der Waals surface area contributed by atoms with E-state index in [0.717, 1.165) is 6.54 Å². The number of ether oxygens (including phenoxy) is 1. The van der Waals surface area contributed by atoms with Gasteiger partial charge in [-0.05, 0) is 30.6 Å². The van der Waals surface area contributed by atoms with Crippen LogP contribution in [0.15, 0.2) is 30.3 Å². The van der Waals surface area contributed by atoms with Gasteiger partial charge in [0.15, 0.2) is 0 Å². The molecule has 108 valence electrons. The van der Waals surface area contributed by atoms with E-state index >= 15 is 0 Å². The number of hydrogen-bond donors (Lipinski definition) is 0. The van der Waals surface area contributed by atoms with E-state index in [1.54, 1.807) is 11.8 Å². The second kappa shape index (κ2) is 6.19. The molecule has 1 saturated heterocycles. The van der Waals surface area contributed by atoms with Crippen molar-refractivity contribution in [1.82, 2.24) is 4.90 Å². The lowest BCUT2D eigenvalue weighted by molar-refractivity contribution is -0.145. The van der Waals surface area contributed by atoms with Crippen molar-refractivity contribution in [1.29, 1.82) is 0 Å². The normalized spacial score (nSPS) is 26.6. The highest BCUT2D eigenvalue weighted by Gasteiger charge is 2.39. The zero-order valence-corrected chi connectivity index (χ0v) is 12.6. The first-order chi connectivity index (χ1) is 9.78. The molecule has 3 rings (SSSR count). The lowest BCUT2D eigenvalue weighted by Crippen LogP contribution is -2.48. The molecule has 3 nitrogen and oxygen atoms in total. The molecule has 0 unspecified atom stereocenters. The second-order valence-corrected chi connectivity index (χ2v) is 6.51. The van der Waals surface area contributed by atoms with Crippen LogP contribution in [0.1, 0.15) is 24.5 Å². The Morgan fingerprint density at radius 2 is 2.05 bits per heavy atom. The van der Waals surface area contributed by atoms with E-state index in [-0.39, 0.29) is 18.1 Å². The topological polar surface area (TPSA) is 29.5 Å². The summed E-state index contributed by atoms with van der Waals surface area (Å²) in [5, 5.41) is 0. The minimum absolute atomic E-state index is 0.0290. The molecule has 0 N–H and O–H groups in total.